The molecule has 0 aliphatic carbocycles. The average Bonchev–Trinajstić information content (AvgIpc) is 3.13. The summed E-state index contributed by atoms with van der Waals surface area (Å²) in [5.41, 5.74) is 2.62. The number of pyridine rings is 1. The molecule has 120 valence electrons. The maximum absolute atomic E-state index is 5.44. The lowest BCUT2D eigenvalue weighted by molar-refractivity contribution is -0.0380. The highest BCUT2D eigenvalue weighted by molar-refractivity contribution is 5.30. The quantitative estimate of drug-likeness (QED) is 0.714. The van der Waals surface area contributed by atoms with Gasteiger partial charge in [-0.1, -0.05) is 48.6 Å². The number of ether oxygens (including phenoxy) is 2. The van der Waals surface area contributed by atoms with Crippen molar-refractivity contribution in [2.45, 2.75) is 31.5 Å². The van der Waals surface area contributed by atoms with Gasteiger partial charge in [0.05, 0.1) is 13.2 Å². The summed E-state index contributed by atoms with van der Waals surface area (Å²) in [7, 11) is 0. The lowest BCUT2D eigenvalue weighted by atomic mass is 9.88. The SMILES string of the molecule is C(=C\CC1OCCO1)/CCC(c1ccccc1)c1cccnc1. The smallest absolute Gasteiger partial charge is 0.161 e. The Bertz CT molecular complexity index is 552. The van der Waals surface area contributed by atoms with Gasteiger partial charge >= 0.3 is 0 Å². The molecule has 1 aliphatic heterocycles. The number of allylic oxidation sites excluding steroid dienone is 1. The van der Waals surface area contributed by atoms with Gasteiger partial charge in [0.15, 0.2) is 6.29 Å². The molecule has 1 atom stereocenters. The van der Waals surface area contributed by atoms with Gasteiger partial charge in [-0.15, -0.1) is 0 Å². The van der Waals surface area contributed by atoms with Crippen molar-refractivity contribution in [3.05, 3.63) is 78.1 Å². The van der Waals surface area contributed by atoms with Gasteiger partial charge < -0.3 is 9.47 Å². The molecule has 0 spiro atoms. The normalized spacial score (nSPS) is 16.9. The van der Waals surface area contributed by atoms with Gasteiger partial charge in [-0.25, -0.2) is 0 Å². The van der Waals surface area contributed by atoms with Crippen molar-refractivity contribution in [3.63, 3.8) is 0 Å². The molecular weight excluding hydrogens is 286 g/mol. The van der Waals surface area contributed by atoms with Gasteiger partial charge in [0.25, 0.3) is 0 Å². The van der Waals surface area contributed by atoms with Crippen LogP contribution in [-0.4, -0.2) is 24.5 Å². The zero-order valence-electron chi connectivity index (χ0n) is 13.3. The third kappa shape index (κ3) is 4.75. The summed E-state index contributed by atoms with van der Waals surface area (Å²) in [4.78, 5) is 4.28. The number of hydrogen-bond acceptors (Lipinski definition) is 3. The van der Waals surface area contributed by atoms with E-state index in [0.29, 0.717) is 5.92 Å². The van der Waals surface area contributed by atoms with Crippen LogP contribution in [0, 0.1) is 0 Å². The Morgan fingerprint density at radius 2 is 1.78 bits per heavy atom. The Kier molecular flexibility index (Phi) is 5.95. The van der Waals surface area contributed by atoms with Crippen molar-refractivity contribution in [3.8, 4) is 0 Å². The van der Waals surface area contributed by atoms with Crippen molar-refractivity contribution in [2.24, 2.45) is 0 Å². The number of nitrogens with zero attached hydrogens (tertiary/aromatic N) is 1. The van der Waals surface area contributed by atoms with Gasteiger partial charge in [-0.3, -0.25) is 4.98 Å². The first-order valence-electron chi connectivity index (χ1n) is 8.26. The maximum atomic E-state index is 5.44. The fourth-order valence-corrected chi connectivity index (χ4v) is 2.92. The maximum Gasteiger partial charge on any atom is 0.161 e. The van der Waals surface area contributed by atoms with Crippen LogP contribution in [0.4, 0.5) is 0 Å². The van der Waals surface area contributed by atoms with Gasteiger partial charge in [0.2, 0.25) is 0 Å². The molecule has 1 unspecified atom stereocenters. The standard InChI is InChI=1S/C20H23NO2/c1-3-8-17(9-4-1)19(18-10-7-13-21-16-18)11-5-2-6-12-20-22-14-15-23-20/h1-4,6-10,13,16,19-20H,5,11-12,14-15H2/b6-2+. The summed E-state index contributed by atoms with van der Waals surface area (Å²) >= 11 is 0. The molecule has 1 aromatic carbocycles. The second-order valence-corrected chi connectivity index (χ2v) is 5.71. The molecule has 1 saturated heterocycles. The first-order chi connectivity index (χ1) is 11.4. The number of rotatable bonds is 7. The summed E-state index contributed by atoms with van der Waals surface area (Å²) in [6.07, 6.45) is 11.1. The molecule has 1 aliphatic rings. The second kappa shape index (κ2) is 8.61. The van der Waals surface area contributed by atoms with Crippen LogP contribution in [0.25, 0.3) is 0 Å². The lowest BCUT2D eigenvalue weighted by Gasteiger charge is -2.16. The molecule has 2 aromatic rings. The summed E-state index contributed by atoms with van der Waals surface area (Å²) in [6, 6.07) is 14.8. The van der Waals surface area contributed by atoms with Crippen LogP contribution < -0.4 is 0 Å². The van der Waals surface area contributed by atoms with E-state index in [1.54, 1.807) is 0 Å². The topological polar surface area (TPSA) is 31.4 Å². The van der Waals surface area contributed by atoms with Crippen molar-refractivity contribution < 1.29 is 9.47 Å². The van der Waals surface area contributed by atoms with Gasteiger partial charge in [-0.05, 0) is 30.0 Å². The molecule has 1 fully saturated rings. The number of hydrogen-bond donors (Lipinski definition) is 0. The van der Waals surface area contributed by atoms with Crippen molar-refractivity contribution >= 4 is 0 Å². The van der Waals surface area contributed by atoms with Crippen molar-refractivity contribution in [2.75, 3.05) is 13.2 Å². The van der Waals surface area contributed by atoms with E-state index >= 15 is 0 Å². The highest BCUT2D eigenvalue weighted by atomic mass is 16.7. The molecule has 0 amide bonds. The molecule has 2 heterocycles. The van der Waals surface area contributed by atoms with E-state index in [-0.39, 0.29) is 6.29 Å². The van der Waals surface area contributed by atoms with E-state index in [1.807, 2.05) is 18.5 Å². The average molecular weight is 309 g/mol. The summed E-state index contributed by atoms with van der Waals surface area (Å²) in [5.74, 6) is 0.383. The predicted molar refractivity (Wildman–Crippen MR) is 91.2 cm³/mol. The van der Waals surface area contributed by atoms with Crippen LogP contribution in [0.1, 0.15) is 36.3 Å². The summed E-state index contributed by atoms with van der Waals surface area (Å²) < 4.78 is 10.9. The molecule has 23 heavy (non-hydrogen) atoms. The molecule has 3 rings (SSSR count). The lowest BCUT2D eigenvalue weighted by Crippen LogP contribution is -2.05. The highest BCUT2D eigenvalue weighted by Crippen LogP contribution is 2.28. The Balaban J connectivity index is 1.59. The molecule has 0 saturated carbocycles. The molecule has 3 nitrogen and oxygen atoms in total. The zero-order chi connectivity index (χ0) is 15.7. The molecular formula is C20H23NO2. The number of aromatic nitrogens is 1. The number of benzene rings is 1. The Morgan fingerprint density at radius 1 is 1.00 bits per heavy atom. The van der Waals surface area contributed by atoms with E-state index in [2.05, 4.69) is 53.5 Å². The van der Waals surface area contributed by atoms with Crippen molar-refractivity contribution in [1.82, 2.24) is 4.98 Å². The van der Waals surface area contributed by atoms with Crippen LogP contribution >= 0.6 is 0 Å². The van der Waals surface area contributed by atoms with Crippen LogP contribution in [-0.2, 0) is 9.47 Å². The first kappa shape index (κ1) is 15.9. The van der Waals surface area contributed by atoms with Gasteiger partial charge in [-0.2, -0.15) is 0 Å². The Labute approximate surface area is 138 Å². The van der Waals surface area contributed by atoms with Crippen LogP contribution in [0.5, 0.6) is 0 Å². The van der Waals surface area contributed by atoms with E-state index in [9.17, 15) is 0 Å². The predicted octanol–water partition coefficient (Wildman–Crippen LogP) is 4.31. The summed E-state index contributed by atoms with van der Waals surface area (Å²) in [6.45, 7) is 1.44. The van der Waals surface area contributed by atoms with E-state index in [4.69, 9.17) is 9.47 Å². The van der Waals surface area contributed by atoms with E-state index in [1.165, 1.54) is 11.1 Å². The minimum absolute atomic E-state index is 0.0468. The fraction of sp³-hybridized carbons (Fsp3) is 0.350. The summed E-state index contributed by atoms with van der Waals surface area (Å²) in [5, 5.41) is 0. The van der Waals surface area contributed by atoms with E-state index < -0.39 is 0 Å². The third-order valence-corrected chi connectivity index (χ3v) is 4.10. The van der Waals surface area contributed by atoms with Crippen LogP contribution in [0.2, 0.25) is 0 Å². The van der Waals surface area contributed by atoms with Crippen LogP contribution in [0.3, 0.4) is 0 Å². The monoisotopic (exact) mass is 309 g/mol. The Hall–Kier alpha value is -1.97. The second-order valence-electron chi connectivity index (χ2n) is 5.71. The molecule has 3 heteroatoms. The van der Waals surface area contributed by atoms with Crippen molar-refractivity contribution in [1.29, 1.82) is 0 Å². The molecule has 0 bridgehead atoms. The highest BCUT2D eigenvalue weighted by Gasteiger charge is 2.14. The largest absolute Gasteiger partial charge is 0.350 e. The molecule has 0 radical (unpaired) electrons. The van der Waals surface area contributed by atoms with Gasteiger partial charge in [0, 0.05) is 24.7 Å². The minimum Gasteiger partial charge on any atom is -0.350 e. The Morgan fingerprint density at radius 3 is 2.52 bits per heavy atom. The van der Waals surface area contributed by atoms with Crippen LogP contribution in [0.15, 0.2) is 67.0 Å². The molecule has 1 aromatic heterocycles. The zero-order valence-corrected chi connectivity index (χ0v) is 13.3. The van der Waals surface area contributed by atoms with Gasteiger partial charge in [0.1, 0.15) is 0 Å². The third-order valence-electron chi connectivity index (χ3n) is 4.10. The molecule has 0 N–H and O–H groups in total. The van der Waals surface area contributed by atoms with E-state index in [0.717, 1.165) is 32.5 Å². The first-order valence-corrected chi connectivity index (χ1v) is 8.26. The fourth-order valence-electron chi connectivity index (χ4n) is 2.92. The minimum atomic E-state index is -0.0468.